The highest BCUT2D eigenvalue weighted by atomic mass is 16.3. The molecule has 2 aromatic carbocycles. The minimum Gasteiger partial charge on any atom is -0.459 e. The van der Waals surface area contributed by atoms with E-state index in [1.807, 2.05) is 61.5 Å². The molecule has 2 N–H and O–H groups in total. The van der Waals surface area contributed by atoms with Crippen LogP contribution >= 0.6 is 0 Å². The van der Waals surface area contributed by atoms with Crippen molar-refractivity contribution in [3.8, 4) is 0 Å². The Morgan fingerprint density at radius 1 is 1.08 bits per heavy atom. The zero-order chi connectivity index (χ0) is 17.2. The van der Waals surface area contributed by atoms with Crippen LogP contribution in [0.4, 0.5) is 10.5 Å². The van der Waals surface area contributed by atoms with Crippen LogP contribution in [-0.4, -0.2) is 11.0 Å². The first-order valence-electron chi connectivity index (χ1n) is 8.09. The predicted molar refractivity (Wildman–Crippen MR) is 98.5 cm³/mol. The number of fused-ring (bicyclic) bond motifs is 2. The molecule has 0 saturated carbocycles. The van der Waals surface area contributed by atoms with E-state index in [1.165, 1.54) is 0 Å². The van der Waals surface area contributed by atoms with Gasteiger partial charge in [0, 0.05) is 28.6 Å². The molecule has 124 valence electrons. The van der Waals surface area contributed by atoms with Crippen LogP contribution in [0.1, 0.15) is 18.7 Å². The van der Waals surface area contributed by atoms with Crippen molar-refractivity contribution in [3.05, 3.63) is 72.8 Å². The van der Waals surface area contributed by atoms with Gasteiger partial charge in [-0.2, -0.15) is 0 Å². The molecule has 2 amide bonds. The Bertz CT molecular complexity index is 1020. The zero-order valence-corrected chi connectivity index (χ0v) is 13.7. The lowest BCUT2D eigenvalue weighted by Gasteiger charge is -2.13. The van der Waals surface area contributed by atoms with E-state index in [2.05, 4.69) is 15.6 Å². The number of pyridine rings is 1. The SMILES string of the molecule is C[C@H](NC(=O)Nc1cccc2cnccc12)c1cc2ccccc2o1. The van der Waals surface area contributed by atoms with Gasteiger partial charge in [0.15, 0.2) is 0 Å². The number of rotatable bonds is 3. The van der Waals surface area contributed by atoms with Gasteiger partial charge in [0.25, 0.3) is 0 Å². The summed E-state index contributed by atoms with van der Waals surface area (Å²) in [5.74, 6) is 0.721. The fourth-order valence-electron chi connectivity index (χ4n) is 2.87. The Balaban J connectivity index is 1.51. The van der Waals surface area contributed by atoms with Crippen molar-refractivity contribution >= 4 is 33.5 Å². The normalized spacial score (nSPS) is 12.2. The number of furan rings is 1. The number of carbonyl (C=O) groups is 1. The molecule has 5 nitrogen and oxygen atoms in total. The fraction of sp³-hybridized carbons (Fsp3) is 0.100. The third kappa shape index (κ3) is 3.04. The van der Waals surface area contributed by atoms with Crippen LogP contribution in [0.3, 0.4) is 0 Å². The Labute approximate surface area is 144 Å². The number of carbonyl (C=O) groups excluding carboxylic acids is 1. The summed E-state index contributed by atoms with van der Waals surface area (Å²) in [4.78, 5) is 16.5. The smallest absolute Gasteiger partial charge is 0.319 e. The van der Waals surface area contributed by atoms with Gasteiger partial charge in [-0.15, -0.1) is 0 Å². The van der Waals surface area contributed by atoms with Crippen LogP contribution in [0.2, 0.25) is 0 Å². The Hall–Kier alpha value is -3.34. The molecule has 0 fully saturated rings. The fourth-order valence-corrected chi connectivity index (χ4v) is 2.87. The molecule has 0 saturated heterocycles. The number of anilines is 1. The number of hydrogen-bond donors (Lipinski definition) is 2. The van der Waals surface area contributed by atoms with Crippen LogP contribution in [-0.2, 0) is 0 Å². The van der Waals surface area contributed by atoms with Gasteiger partial charge in [0.05, 0.1) is 11.7 Å². The molecule has 1 atom stereocenters. The van der Waals surface area contributed by atoms with Gasteiger partial charge in [0.1, 0.15) is 11.3 Å². The van der Waals surface area contributed by atoms with Crippen molar-refractivity contribution in [2.75, 3.05) is 5.32 Å². The highest BCUT2D eigenvalue weighted by Crippen LogP contribution is 2.25. The Morgan fingerprint density at radius 3 is 2.80 bits per heavy atom. The lowest BCUT2D eigenvalue weighted by molar-refractivity contribution is 0.248. The van der Waals surface area contributed by atoms with Gasteiger partial charge in [-0.1, -0.05) is 30.3 Å². The minimum atomic E-state index is -0.280. The summed E-state index contributed by atoms with van der Waals surface area (Å²) in [6.07, 6.45) is 3.48. The quantitative estimate of drug-likeness (QED) is 0.563. The summed E-state index contributed by atoms with van der Waals surface area (Å²) in [5, 5.41) is 8.76. The number of amides is 2. The van der Waals surface area contributed by atoms with Crippen molar-refractivity contribution in [2.24, 2.45) is 0 Å². The van der Waals surface area contributed by atoms with Gasteiger partial charge in [-0.3, -0.25) is 4.98 Å². The molecule has 0 spiro atoms. The summed E-state index contributed by atoms with van der Waals surface area (Å²) in [6, 6.07) is 16.8. The molecular weight excluding hydrogens is 314 g/mol. The second-order valence-electron chi connectivity index (χ2n) is 5.91. The van der Waals surface area contributed by atoms with E-state index in [9.17, 15) is 4.79 Å². The van der Waals surface area contributed by atoms with Gasteiger partial charge < -0.3 is 15.1 Å². The maximum atomic E-state index is 12.4. The predicted octanol–water partition coefficient (Wildman–Crippen LogP) is 4.86. The Kier molecular flexibility index (Phi) is 3.82. The summed E-state index contributed by atoms with van der Waals surface area (Å²) in [7, 11) is 0. The van der Waals surface area contributed by atoms with Gasteiger partial charge in [-0.05, 0) is 31.2 Å². The first-order valence-corrected chi connectivity index (χ1v) is 8.09. The number of urea groups is 1. The topological polar surface area (TPSA) is 67.2 Å². The largest absolute Gasteiger partial charge is 0.459 e. The first-order chi connectivity index (χ1) is 12.2. The van der Waals surface area contributed by atoms with Crippen LogP contribution in [0.5, 0.6) is 0 Å². The molecule has 25 heavy (non-hydrogen) atoms. The van der Waals surface area contributed by atoms with Gasteiger partial charge >= 0.3 is 6.03 Å². The zero-order valence-electron chi connectivity index (χ0n) is 13.7. The third-order valence-electron chi connectivity index (χ3n) is 4.15. The monoisotopic (exact) mass is 331 g/mol. The third-order valence-corrected chi connectivity index (χ3v) is 4.15. The molecule has 0 radical (unpaired) electrons. The molecule has 0 aliphatic rings. The molecule has 0 aliphatic carbocycles. The maximum Gasteiger partial charge on any atom is 0.319 e. The van der Waals surface area contributed by atoms with E-state index in [-0.39, 0.29) is 12.1 Å². The molecule has 4 aromatic rings. The molecule has 4 rings (SSSR count). The van der Waals surface area contributed by atoms with Gasteiger partial charge in [0.2, 0.25) is 0 Å². The van der Waals surface area contributed by atoms with E-state index < -0.39 is 0 Å². The number of nitrogens with zero attached hydrogens (tertiary/aromatic N) is 1. The number of aromatic nitrogens is 1. The molecule has 0 bridgehead atoms. The standard InChI is InChI=1S/C20H17N3O2/c1-13(19-11-14-5-2-3-8-18(14)25-19)22-20(24)23-17-7-4-6-15-12-21-10-9-16(15)17/h2-13H,1H3,(H2,22,23,24)/t13-/m0/s1. The van der Waals surface area contributed by atoms with E-state index >= 15 is 0 Å². The number of para-hydroxylation sites is 1. The van der Waals surface area contributed by atoms with Crippen molar-refractivity contribution < 1.29 is 9.21 Å². The minimum absolute atomic E-state index is 0.246. The van der Waals surface area contributed by atoms with E-state index in [0.717, 1.165) is 33.2 Å². The van der Waals surface area contributed by atoms with Crippen molar-refractivity contribution in [1.82, 2.24) is 10.3 Å². The van der Waals surface area contributed by atoms with Crippen molar-refractivity contribution in [2.45, 2.75) is 13.0 Å². The van der Waals surface area contributed by atoms with Crippen molar-refractivity contribution in [1.29, 1.82) is 0 Å². The van der Waals surface area contributed by atoms with Gasteiger partial charge in [-0.25, -0.2) is 4.79 Å². The summed E-state index contributed by atoms with van der Waals surface area (Å²) in [6.45, 7) is 1.89. The van der Waals surface area contributed by atoms with Crippen LogP contribution < -0.4 is 10.6 Å². The summed E-state index contributed by atoms with van der Waals surface area (Å²) < 4.78 is 5.80. The highest BCUT2D eigenvalue weighted by Gasteiger charge is 2.14. The van der Waals surface area contributed by atoms with Crippen LogP contribution in [0, 0.1) is 0 Å². The molecular formula is C20H17N3O2. The average molecular weight is 331 g/mol. The lowest BCUT2D eigenvalue weighted by atomic mass is 10.1. The molecule has 2 heterocycles. The molecule has 0 unspecified atom stereocenters. The highest BCUT2D eigenvalue weighted by molar-refractivity contribution is 6.01. The Morgan fingerprint density at radius 2 is 1.92 bits per heavy atom. The van der Waals surface area contributed by atoms with E-state index in [4.69, 9.17) is 4.42 Å². The molecule has 2 aromatic heterocycles. The van der Waals surface area contributed by atoms with Crippen LogP contribution in [0.15, 0.2) is 71.4 Å². The molecule has 0 aliphatic heterocycles. The number of hydrogen-bond acceptors (Lipinski definition) is 3. The average Bonchev–Trinajstić information content (AvgIpc) is 3.06. The summed E-state index contributed by atoms with van der Waals surface area (Å²) in [5.41, 5.74) is 1.56. The van der Waals surface area contributed by atoms with E-state index in [1.54, 1.807) is 12.4 Å². The maximum absolute atomic E-state index is 12.4. The van der Waals surface area contributed by atoms with E-state index in [0.29, 0.717) is 0 Å². The summed E-state index contributed by atoms with van der Waals surface area (Å²) >= 11 is 0. The second-order valence-corrected chi connectivity index (χ2v) is 5.91. The lowest BCUT2D eigenvalue weighted by Crippen LogP contribution is -2.31. The van der Waals surface area contributed by atoms with Crippen molar-refractivity contribution in [3.63, 3.8) is 0 Å². The van der Waals surface area contributed by atoms with Crippen LogP contribution in [0.25, 0.3) is 21.7 Å². The number of nitrogens with one attached hydrogen (secondary N) is 2. The molecule has 5 heteroatoms. The number of benzene rings is 2. The second kappa shape index (κ2) is 6.28. The first kappa shape index (κ1) is 15.2.